The van der Waals surface area contributed by atoms with Gasteiger partial charge in [0.2, 0.25) is 0 Å². The van der Waals surface area contributed by atoms with Crippen molar-refractivity contribution in [3.05, 3.63) is 0 Å². The van der Waals surface area contributed by atoms with E-state index in [0.717, 1.165) is 28.2 Å². The van der Waals surface area contributed by atoms with Crippen LogP contribution in [0.1, 0.15) is 98.8 Å². The maximum atomic E-state index is 2.47. The van der Waals surface area contributed by atoms with E-state index >= 15 is 0 Å². The normalized spacial score (nSPS) is 16.4. The van der Waals surface area contributed by atoms with Crippen molar-refractivity contribution < 1.29 is 4.48 Å². The molecular weight excluding hydrogens is 290 g/mol. The first-order valence-electron chi connectivity index (χ1n) is 10.9. The Morgan fingerprint density at radius 3 is 1.17 bits per heavy atom. The molecule has 0 rings (SSSR count). The van der Waals surface area contributed by atoms with Gasteiger partial charge >= 0.3 is 0 Å². The number of nitrogens with zero attached hydrogens (tertiary/aromatic N) is 1. The Labute approximate surface area is 155 Å². The molecule has 0 saturated carbocycles. The van der Waals surface area contributed by atoms with Crippen molar-refractivity contribution in [2.24, 2.45) is 23.7 Å². The highest BCUT2D eigenvalue weighted by Crippen LogP contribution is 2.22. The zero-order chi connectivity index (χ0) is 18.6. The van der Waals surface area contributed by atoms with E-state index in [4.69, 9.17) is 0 Å². The molecule has 0 saturated heterocycles. The molecule has 0 fully saturated rings. The minimum Gasteiger partial charge on any atom is -0.331 e. The molecule has 0 N–H and O–H groups in total. The second kappa shape index (κ2) is 13.2. The van der Waals surface area contributed by atoms with Crippen LogP contribution in [0.3, 0.4) is 0 Å². The summed E-state index contributed by atoms with van der Waals surface area (Å²) in [7, 11) is 6.91. The van der Waals surface area contributed by atoms with Gasteiger partial charge in [0.05, 0.1) is 27.7 Å². The van der Waals surface area contributed by atoms with Crippen molar-refractivity contribution in [2.75, 3.05) is 27.7 Å². The Morgan fingerprint density at radius 1 is 0.500 bits per heavy atom. The smallest absolute Gasteiger partial charge is 0.0783 e. The molecule has 0 bridgehead atoms. The number of quaternary nitrogens is 1. The van der Waals surface area contributed by atoms with Crippen LogP contribution in [-0.2, 0) is 0 Å². The lowest BCUT2D eigenvalue weighted by molar-refractivity contribution is -0.870. The highest BCUT2D eigenvalue weighted by atomic mass is 15.3. The molecule has 1 heteroatoms. The highest BCUT2D eigenvalue weighted by Gasteiger charge is 2.11. The van der Waals surface area contributed by atoms with Crippen LogP contribution in [0.25, 0.3) is 0 Å². The molecule has 146 valence electrons. The first-order valence-corrected chi connectivity index (χ1v) is 10.9. The van der Waals surface area contributed by atoms with E-state index in [2.05, 4.69) is 55.8 Å². The van der Waals surface area contributed by atoms with Crippen LogP contribution in [0.15, 0.2) is 0 Å². The molecular formula is C23H50N+. The van der Waals surface area contributed by atoms with Gasteiger partial charge in [-0.25, -0.2) is 0 Å². The second-order valence-electron chi connectivity index (χ2n) is 10.3. The third kappa shape index (κ3) is 16.8. The van der Waals surface area contributed by atoms with Gasteiger partial charge in [0, 0.05) is 0 Å². The summed E-state index contributed by atoms with van der Waals surface area (Å²) in [5.41, 5.74) is 0. The molecule has 0 aliphatic rings. The minimum absolute atomic E-state index is 0.877. The van der Waals surface area contributed by atoms with Crippen molar-refractivity contribution in [3.8, 4) is 0 Å². The largest absolute Gasteiger partial charge is 0.331 e. The van der Waals surface area contributed by atoms with Gasteiger partial charge in [0.1, 0.15) is 0 Å². The fourth-order valence-electron chi connectivity index (χ4n) is 3.54. The average Bonchev–Trinajstić information content (AvgIpc) is 2.44. The van der Waals surface area contributed by atoms with Gasteiger partial charge < -0.3 is 4.48 Å². The van der Waals surface area contributed by atoms with Crippen molar-refractivity contribution in [2.45, 2.75) is 98.8 Å². The quantitative estimate of drug-likeness (QED) is 0.277. The predicted molar refractivity (Wildman–Crippen MR) is 111 cm³/mol. The molecule has 0 aromatic heterocycles. The SMILES string of the molecule is CC(C)CCC[C@@H](C)CCC[C@@H](C)CCC[C@@H](C)CC[N+](C)(C)C. The van der Waals surface area contributed by atoms with E-state index in [1.54, 1.807) is 0 Å². The summed E-state index contributed by atoms with van der Waals surface area (Å²) in [6.45, 7) is 13.4. The van der Waals surface area contributed by atoms with Crippen LogP contribution in [0.2, 0.25) is 0 Å². The van der Waals surface area contributed by atoms with Gasteiger partial charge in [-0.2, -0.15) is 0 Å². The Morgan fingerprint density at radius 2 is 0.833 bits per heavy atom. The van der Waals surface area contributed by atoms with E-state index in [0.29, 0.717) is 0 Å². The molecule has 0 spiro atoms. The Kier molecular flexibility index (Phi) is 13.2. The number of hydrogen-bond donors (Lipinski definition) is 0. The fourth-order valence-corrected chi connectivity index (χ4v) is 3.54. The van der Waals surface area contributed by atoms with Gasteiger partial charge in [0.25, 0.3) is 0 Å². The zero-order valence-electron chi connectivity index (χ0n) is 18.5. The predicted octanol–water partition coefficient (Wildman–Crippen LogP) is 7.16. The lowest BCUT2D eigenvalue weighted by Gasteiger charge is -2.25. The summed E-state index contributed by atoms with van der Waals surface area (Å²) in [6, 6.07) is 0. The molecule has 0 radical (unpaired) electrons. The van der Waals surface area contributed by atoms with Crippen LogP contribution in [0.4, 0.5) is 0 Å². The molecule has 0 aromatic carbocycles. The van der Waals surface area contributed by atoms with Crippen molar-refractivity contribution in [1.29, 1.82) is 0 Å². The monoisotopic (exact) mass is 340 g/mol. The summed E-state index contributed by atoms with van der Waals surface area (Å²) >= 11 is 0. The van der Waals surface area contributed by atoms with Gasteiger partial charge in [-0.05, 0) is 30.1 Å². The van der Waals surface area contributed by atoms with E-state index in [-0.39, 0.29) is 0 Å². The Balaban J connectivity index is 3.57. The molecule has 0 heterocycles. The molecule has 3 atom stereocenters. The maximum Gasteiger partial charge on any atom is 0.0783 e. The van der Waals surface area contributed by atoms with Crippen molar-refractivity contribution >= 4 is 0 Å². The minimum atomic E-state index is 0.877. The van der Waals surface area contributed by atoms with Crippen LogP contribution in [0.5, 0.6) is 0 Å². The van der Waals surface area contributed by atoms with Crippen LogP contribution in [0, 0.1) is 23.7 Å². The summed E-state index contributed by atoms with van der Waals surface area (Å²) < 4.78 is 1.11. The standard InChI is InChI=1S/C23H50N/c1-20(2)12-9-13-21(3)14-10-15-22(4)16-11-17-23(5)18-19-24(6,7)8/h20-23H,9-19H2,1-8H3/q+1/t21-,22-,23-/m1/s1. The molecule has 0 amide bonds. The first-order chi connectivity index (χ1) is 11.1. The van der Waals surface area contributed by atoms with E-state index < -0.39 is 0 Å². The fraction of sp³-hybridized carbons (Fsp3) is 1.00. The lowest BCUT2D eigenvalue weighted by Crippen LogP contribution is -2.36. The Hall–Kier alpha value is -0.0400. The van der Waals surface area contributed by atoms with Crippen molar-refractivity contribution in [3.63, 3.8) is 0 Å². The zero-order valence-corrected chi connectivity index (χ0v) is 18.5. The van der Waals surface area contributed by atoms with Gasteiger partial charge in [-0.1, -0.05) is 92.4 Å². The average molecular weight is 341 g/mol. The molecule has 0 unspecified atom stereocenters. The van der Waals surface area contributed by atoms with Crippen LogP contribution in [-0.4, -0.2) is 32.2 Å². The topological polar surface area (TPSA) is 0 Å². The van der Waals surface area contributed by atoms with Crippen LogP contribution < -0.4 is 0 Å². The van der Waals surface area contributed by atoms with Crippen LogP contribution >= 0.6 is 0 Å². The maximum absolute atomic E-state index is 2.47. The van der Waals surface area contributed by atoms with E-state index in [1.165, 1.54) is 70.8 Å². The lowest BCUT2D eigenvalue weighted by atomic mass is 9.90. The van der Waals surface area contributed by atoms with Crippen molar-refractivity contribution in [1.82, 2.24) is 0 Å². The van der Waals surface area contributed by atoms with Gasteiger partial charge in [-0.15, -0.1) is 0 Å². The second-order valence-corrected chi connectivity index (χ2v) is 10.3. The molecule has 1 nitrogen and oxygen atoms in total. The number of hydrogen-bond acceptors (Lipinski definition) is 0. The van der Waals surface area contributed by atoms with Gasteiger partial charge in [0.15, 0.2) is 0 Å². The van der Waals surface area contributed by atoms with Gasteiger partial charge in [-0.3, -0.25) is 0 Å². The summed E-state index contributed by atoms with van der Waals surface area (Å²) in [5, 5.41) is 0. The third-order valence-electron chi connectivity index (χ3n) is 5.56. The first kappa shape index (κ1) is 24.0. The molecule has 0 aliphatic heterocycles. The summed E-state index contributed by atoms with van der Waals surface area (Å²) in [4.78, 5) is 0. The molecule has 24 heavy (non-hydrogen) atoms. The third-order valence-corrected chi connectivity index (χ3v) is 5.56. The summed E-state index contributed by atoms with van der Waals surface area (Å²) in [6.07, 6.45) is 14.3. The number of rotatable bonds is 15. The van der Waals surface area contributed by atoms with E-state index in [9.17, 15) is 0 Å². The summed E-state index contributed by atoms with van der Waals surface area (Å²) in [5.74, 6) is 3.64. The van der Waals surface area contributed by atoms with E-state index in [1.807, 2.05) is 0 Å². The highest BCUT2D eigenvalue weighted by molar-refractivity contribution is 4.61. The molecule has 0 aromatic rings. The molecule has 0 aliphatic carbocycles. The Bertz CT molecular complexity index is 276.